The van der Waals surface area contributed by atoms with Crippen molar-refractivity contribution in [3.05, 3.63) is 59.9 Å². The molecule has 2 rings (SSSR count). The summed E-state index contributed by atoms with van der Waals surface area (Å²) >= 11 is 0. The molecule has 0 heterocycles. The van der Waals surface area contributed by atoms with Crippen LogP contribution in [0.2, 0.25) is 0 Å². The van der Waals surface area contributed by atoms with Crippen LogP contribution in [0, 0.1) is 5.82 Å². The maximum Gasteiger partial charge on any atom is 0.241 e. The van der Waals surface area contributed by atoms with E-state index in [0.717, 1.165) is 24.3 Å². The fraction of sp³-hybridized carbons (Fsp3) is 0.350. The Kier molecular flexibility index (Phi) is 8.72. The van der Waals surface area contributed by atoms with Crippen LogP contribution in [0.25, 0.3) is 0 Å². The smallest absolute Gasteiger partial charge is 0.241 e. The Morgan fingerprint density at radius 3 is 2.13 bits per heavy atom. The molecule has 0 aromatic heterocycles. The largest absolute Gasteiger partial charge is 0.497 e. The Labute approximate surface area is 175 Å². The van der Waals surface area contributed by atoms with E-state index < -0.39 is 34.1 Å². The highest BCUT2D eigenvalue weighted by Gasteiger charge is 2.24. The van der Waals surface area contributed by atoms with Crippen molar-refractivity contribution in [2.75, 3.05) is 27.9 Å². The molecule has 0 aliphatic heterocycles. The summed E-state index contributed by atoms with van der Waals surface area (Å²) in [5.41, 5.74) is 0.562. The monoisotopic (exact) mass is 440 g/mol. The summed E-state index contributed by atoms with van der Waals surface area (Å²) in [6.07, 6.45) is -0.795. The van der Waals surface area contributed by atoms with E-state index in [4.69, 9.17) is 14.2 Å². The number of carbonyl (C=O) groups is 1. The lowest BCUT2D eigenvalue weighted by Gasteiger charge is -2.20. The third-order valence-electron chi connectivity index (χ3n) is 4.32. The third-order valence-corrected chi connectivity index (χ3v) is 5.81. The number of methoxy groups -OCH3 is 3. The molecule has 0 spiro atoms. The molecule has 2 aromatic carbocycles. The van der Waals surface area contributed by atoms with E-state index in [-0.39, 0.29) is 17.9 Å². The van der Waals surface area contributed by atoms with Gasteiger partial charge in [-0.1, -0.05) is 12.1 Å². The number of nitrogens with one attached hydrogen (secondary N) is 2. The Morgan fingerprint density at radius 2 is 1.60 bits per heavy atom. The number of benzene rings is 2. The summed E-state index contributed by atoms with van der Waals surface area (Å²) in [5, 5.41) is 2.64. The van der Waals surface area contributed by atoms with Gasteiger partial charge in [-0.25, -0.2) is 17.5 Å². The molecule has 0 aliphatic rings. The van der Waals surface area contributed by atoms with Gasteiger partial charge in [0.25, 0.3) is 0 Å². The molecule has 8 nitrogen and oxygen atoms in total. The zero-order valence-corrected chi connectivity index (χ0v) is 17.7. The number of hydrogen-bond acceptors (Lipinski definition) is 6. The van der Waals surface area contributed by atoms with Crippen LogP contribution in [0.3, 0.4) is 0 Å². The van der Waals surface area contributed by atoms with E-state index in [1.165, 1.54) is 21.3 Å². The van der Waals surface area contributed by atoms with Crippen molar-refractivity contribution >= 4 is 15.9 Å². The molecular weight excluding hydrogens is 415 g/mol. The Morgan fingerprint density at radius 1 is 1.00 bits per heavy atom. The number of carbonyl (C=O) groups excluding carboxylic acids is 1. The minimum absolute atomic E-state index is 0.103. The van der Waals surface area contributed by atoms with Crippen LogP contribution in [0.15, 0.2) is 53.4 Å². The number of halogens is 1. The van der Waals surface area contributed by atoms with E-state index >= 15 is 0 Å². The summed E-state index contributed by atoms with van der Waals surface area (Å²) in [5.74, 6) is -0.367. The van der Waals surface area contributed by atoms with Gasteiger partial charge in [0.1, 0.15) is 11.6 Å². The van der Waals surface area contributed by atoms with Gasteiger partial charge in [-0.2, -0.15) is 0 Å². The average Bonchev–Trinajstić information content (AvgIpc) is 2.74. The molecule has 0 saturated heterocycles. The van der Waals surface area contributed by atoms with Gasteiger partial charge in [-0.05, 0) is 42.0 Å². The van der Waals surface area contributed by atoms with Crippen molar-refractivity contribution in [2.24, 2.45) is 0 Å². The number of sulfonamides is 1. The molecule has 30 heavy (non-hydrogen) atoms. The fourth-order valence-electron chi connectivity index (χ4n) is 2.65. The first-order valence-corrected chi connectivity index (χ1v) is 10.5. The molecule has 0 fully saturated rings. The quantitative estimate of drug-likeness (QED) is 0.518. The second-order valence-corrected chi connectivity index (χ2v) is 8.02. The van der Waals surface area contributed by atoms with Gasteiger partial charge >= 0.3 is 0 Å². The molecule has 2 N–H and O–H groups in total. The zero-order chi connectivity index (χ0) is 22.1. The van der Waals surface area contributed by atoms with Crippen LogP contribution in [0.5, 0.6) is 5.75 Å². The van der Waals surface area contributed by atoms with E-state index in [2.05, 4.69) is 10.0 Å². The molecule has 1 amide bonds. The first-order chi connectivity index (χ1) is 14.3. The highest BCUT2D eigenvalue weighted by molar-refractivity contribution is 7.89. The summed E-state index contributed by atoms with van der Waals surface area (Å²) in [4.78, 5) is 12.3. The molecule has 0 saturated carbocycles. The SMILES string of the molecule is COc1ccc([C@H](CC(=O)NCC(OC)OC)NS(=O)(=O)c2ccc(F)cc2)cc1. The van der Waals surface area contributed by atoms with Gasteiger partial charge in [-0.3, -0.25) is 4.79 Å². The van der Waals surface area contributed by atoms with Crippen LogP contribution in [-0.2, 0) is 24.3 Å². The van der Waals surface area contributed by atoms with Crippen LogP contribution < -0.4 is 14.8 Å². The maximum absolute atomic E-state index is 13.2. The molecule has 0 aliphatic carbocycles. The van der Waals surface area contributed by atoms with Gasteiger partial charge in [0.15, 0.2) is 6.29 Å². The standard InChI is InChI=1S/C20H25FN2O6S/c1-27-16-8-4-14(5-9-16)18(12-19(24)22-13-20(28-2)29-3)23-30(25,26)17-10-6-15(21)7-11-17/h4-11,18,20,23H,12-13H2,1-3H3,(H,22,24)/t18-/m0/s1. The molecule has 0 radical (unpaired) electrons. The van der Waals surface area contributed by atoms with Crippen molar-refractivity contribution in [1.29, 1.82) is 0 Å². The highest BCUT2D eigenvalue weighted by atomic mass is 32.2. The molecule has 2 aromatic rings. The van der Waals surface area contributed by atoms with Crippen LogP contribution in [0.1, 0.15) is 18.0 Å². The topological polar surface area (TPSA) is 103 Å². The normalized spacial score (nSPS) is 12.6. The second-order valence-electron chi connectivity index (χ2n) is 6.31. The minimum atomic E-state index is -4.00. The van der Waals surface area contributed by atoms with Gasteiger partial charge in [0.2, 0.25) is 15.9 Å². The first-order valence-electron chi connectivity index (χ1n) is 9.03. The minimum Gasteiger partial charge on any atom is -0.497 e. The van der Waals surface area contributed by atoms with Crippen LogP contribution >= 0.6 is 0 Å². The summed E-state index contributed by atoms with van der Waals surface area (Å²) < 4.78 is 56.3. The lowest BCUT2D eigenvalue weighted by atomic mass is 10.0. The summed E-state index contributed by atoms with van der Waals surface area (Å²) in [6.45, 7) is 0.103. The van der Waals surface area contributed by atoms with Crippen LogP contribution in [0.4, 0.5) is 4.39 Å². The van der Waals surface area contributed by atoms with Gasteiger partial charge < -0.3 is 19.5 Å². The van der Waals surface area contributed by atoms with E-state index in [0.29, 0.717) is 11.3 Å². The van der Waals surface area contributed by atoms with E-state index in [1.807, 2.05) is 0 Å². The van der Waals surface area contributed by atoms with E-state index in [1.54, 1.807) is 24.3 Å². The Balaban J connectivity index is 2.22. The molecular formula is C20H25FN2O6S. The number of amides is 1. The number of ether oxygens (including phenoxy) is 3. The summed E-state index contributed by atoms with van der Waals surface area (Å²) in [7, 11) is 0.393. The second kappa shape index (κ2) is 11.0. The van der Waals surface area contributed by atoms with Gasteiger partial charge in [0.05, 0.1) is 24.6 Å². The summed E-state index contributed by atoms with van der Waals surface area (Å²) in [6, 6.07) is 10.2. The number of hydrogen-bond donors (Lipinski definition) is 2. The van der Waals surface area contributed by atoms with Crippen molar-refractivity contribution in [3.8, 4) is 5.75 Å². The van der Waals surface area contributed by atoms with Gasteiger partial charge in [0, 0.05) is 20.6 Å². The van der Waals surface area contributed by atoms with Crippen molar-refractivity contribution in [3.63, 3.8) is 0 Å². The fourth-order valence-corrected chi connectivity index (χ4v) is 3.87. The molecule has 10 heteroatoms. The van der Waals surface area contributed by atoms with Crippen molar-refractivity contribution < 1.29 is 31.8 Å². The predicted molar refractivity (Wildman–Crippen MR) is 108 cm³/mol. The molecule has 0 bridgehead atoms. The van der Waals surface area contributed by atoms with Crippen molar-refractivity contribution in [2.45, 2.75) is 23.6 Å². The Bertz CT molecular complexity index is 915. The molecule has 0 unspecified atom stereocenters. The lowest BCUT2D eigenvalue weighted by Crippen LogP contribution is -2.37. The third kappa shape index (κ3) is 6.77. The highest BCUT2D eigenvalue weighted by Crippen LogP contribution is 2.23. The maximum atomic E-state index is 13.2. The van der Waals surface area contributed by atoms with Crippen molar-refractivity contribution in [1.82, 2.24) is 10.0 Å². The van der Waals surface area contributed by atoms with E-state index in [9.17, 15) is 17.6 Å². The molecule has 1 atom stereocenters. The molecule has 164 valence electrons. The van der Waals surface area contributed by atoms with Gasteiger partial charge in [-0.15, -0.1) is 0 Å². The predicted octanol–water partition coefficient (Wildman–Crippen LogP) is 1.98. The first kappa shape index (κ1) is 23.7. The lowest BCUT2D eigenvalue weighted by molar-refractivity contribution is -0.127. The van der Waals surface area contributed by atoms with Crippen LogP contribution in [-0.4, -0.2) is 48.5 Å². The average molecular weight is 440 g/mol. The zero-order valence-electron chi connectivity index (χ0n) is 16.9. The Hall–Kier alpha value is -2.53. The number of rotatable bonds is 11.